The predicted molar refractivity (Wildman–Crippen MR) is 62.2 cm³/mol. The van der Waals surface area contributed by atoms with Crippen molar-refractivity contribution in [2.75, 3.05) is 6.61 Å². The molecule has 0 amide bonds. The number of aromatic nitrogens is 4. The Morgan fingerprint density at radius 3 is 3.00 bits per heavy atom. The Labute approximate surface area is 99.4 Å². The van der Waals surface area contributed by atoms with Crippen molar-refractivity contribution in [3.05, 3.63) is 29.8 Å². The molecule has 1 aromatic carbocycles. The Kier molecular flexibility index (Phi) is 2.60. The Bertz CT molecular complexity index is 517. The normalized spacial score (nSPS) is 19.7. The second-order valence-electron chi connectivity index (χ2n) is 4.22. The van der Waals surface area contributed by atoms with Gasteiger partial charge < -0.3 is 4.74 Å². The van der Waals surface area contributed by atoms with Crippen LogP contribution in [0.4, 0.5) is 0 Å². The molecule has 0 radical (unpaired) electrons. The Morgan fingerprint density at radius 2 is 2.24 bits per heavy atom. The molecule has 88 valence electrons. The molecule has 1 aromatic heterocycles. The van der Waals surface area contributed by atoms with Gasteiger partial charge in [-0.3, -0.25) is 0 Å². The fraction of sp³-hybridized carbons (Fsp3) is 0.417. The summed E-state index contributed by atoms with van der Waals surface area (Å²) in [5, 5.41) is 12.6. The van der Waals surface area contributed by atoms with Gasteiger partial charge in [0.2, 0.25) is 5.82 Å². The summed E-state index contributed by atoms with van der Waals surface area (Å²) in [6.45, 7) is 2.83. The molecule has 2 heterocycles. The maximum atomic E-state index is 5.52. The van der Waals surface area contributed by atoms with E-state index in [4.69, 9.17) is 4.74 Å². The van der Waals surface area contributed by atoms with Crippen LogP contribution in [-0.4, -0.2) is 26.8 Å². The van der Waals surface area contributed by atoms with Crippen molar-refractivity contribution in [3.63, 3.8) is 0 Å². The fourth-order valence-corrected chi connectivity index (χ4v) is 2.02. The smallest absolute Gasteiger partial charge is 0.205 e. The molecule has 17 heavy (non-hydrogen) atoms. The summed E-state index contributed by atoms with van der Waals surface area (Å²) in [7, 11) is 0. The van der Waals surface area contributed by atoms with Crippen LogP contribution in [0.25, 0.3) is 11.4 Å². The minimum absolute atomic E-state index is 0.0414. The highest BCUT2D eigenvalue weighted by atomic mass is 16.5. The third-order valence-electron chi connectivity index (χ3n) is 2.98. The number of tetrazole rings is 1. The van der Waals surface area contributed by atoms with E-state index in [1.165, 1.54) is 0 Å². The van der Waals surface area contributed by atoms with E-state index in [9.17, 15) is 0 Å². The molecule has 2 aromatic rings. The monoisotopic (exact) mass is 230 g/mol. The van der Waals surface area contributed by atoms with Crippen molar-refractivity contribution in [2.24, 2.45) is 0 Å². The van der Waals surface area contributed by atoms with Gasteiger partial charge in [0.15, 0.2) is 6.23 Å². The summed E-state index contributed by atoms with van der Waals surface area (Å²) in [4.78, 5) is 1.58. The van der Waals surface area contributed by atoms with E-state index >= 15 is 0 Å². The van der Waals surface area contributed by atoms with Crippen LogP contribution in [0.15, 0.2) is 24.3 Å². The van der Waals surface area contributed by atoms with E-state index in [1.54, 1.807) is 4.80 Å². The number of hydrogen-bond acceptors (Lipinski definition) is 4. The van der Waals surface area contributed by atoms with Crippen LogP contribution >= 0.6 is 0 Å². The largest absolute Gasteiger partial charge is 0.355 e. The van der Waals surface area contributed by atoms with E-state index in [-0.39, 0.29) is 6.23 Å². The summed E-state index contributed by atoms with van der Waals surface area (Å²) in [6.07, 6.45) is 1.98. The first kappa shape index (κ1) is 10.4. The average Bonchev–Trinajstić information content (AvgIpc) is 3.00. The minimum Gasteiger partial charge on any atom is -0.355 e. The minimum atomic E-state index is -0.0414. The van der Waals surface area contributed by atoms with Gasteiger partial charge >= 0.3 is 0 Å². The molecule has 0 N–H and O–H groups in total. The molecule has 5 nitrogen and oxygen atoms in total. The first-order valence-corrected chi connectivity index (χ1v) is 5.82. The van der Waals surface area contributed by atoms with Gasteiger partial charge in [-0.2, -0.15) is 0 Å². The highest BCUT2D eigenvalue weighted by Gasteiger charge is 2.20. The molecule has 1 saturated heterocycles. The van der Waals surface area contributed by atoms with Crippen molar-refractivity contribution in [1.82, 2.24) is 20.2 Å². The van der Waals surface area contributed by atoms with Gasteiger partial charge in [-0.05, 0) is 30.5 Å². The SMILES string of the molecule is Cc1ccccc1-c1nnn(C2CCCO2)n1. The third kappa shape index (κ3) is 1.93. The lowest BCUT2D eigenvalue weighted by Gasteiger charge is -2.05. The maximum absolute atomic E-state index is 5.52. The summed E-state index contributed by atoms with van der Waals surface area (Å²) < 4.78 is 5.52. The topological polar surface area (TPSA) is 52.8 Å². The molecule has 0 spiro atoms. The standard InChI is InChI=1S/C12H14N4O/c1-9-5-2-3-6-10(9)12-13-15-16(14-12)11-7-4-8-17-11/h2-3,5-6,11H,4,7-8H2,1H3. The number of hydrogen-bond donors (Lipinski definition) is 0. The van der Waals surface area contributed by atoms with E-state index in [0.29, 0.717) is 5.82 Å². The van der Waals surface area contributed by atoms with E-state index < -0.39 is 0 Å². The predicted octanol–water partition coefficient (Wildman–Crippen LogP) is 1.96. The molecule has 1 unspecified atom stereocenters. The lowest BCUT2D eigenvalue weighted by atomic mass is 10.1. The van der Waals surface area contributed by atoms with Crippen LogP contribution in [-0.2, 0) is 4.74 Å². The van der Waals surface area contributed by atoms with Crippen LogP contribution in [0.2, 0.25) is 0 Å². The molecule has 1 atom stereocenters. The van der Waals surface area contributed by atoms with E-state index in [2.05, 4.69) is 15.4 Å². The zero-order chi connectivity index (χ0) is 11.7. The molecule has 1 aliphatic heterocycles. The number of benzene rings is 1. The fourth-order valence-electron chi connectivity index (χ4n) is 2.02. The molecular formula is C12H14N4O. The molecule has 1 fully saturated rings. The Balaban J connectivity index is 1.92. The van der Waals surface area contributed by atoms with Crippen molar-refractivity contribution in [3.8, 4) is 11.4 Å². The van der Waals surface area contributed by atoms with Gasteiger partial charge in [-0.25, -0.2) is 0 Å². The van der Waals surface area contributed by atoms with E-state index in [0.717, 1.165) is 30.6 Å². The van der Waals surface area contributed by atoms with Crippen LogP contribution in [0.5, 0.6) is 0 Å². The van der Waals surface area contributed by atoms with Gasteiger partial charge in [-0.15, -0.1) is 15.0 Å². The zero-order valence-corrected chi connectivity index (χ0v) is 9.71. The van der Waals surface area contributed by atoms with Gasteiger partial charge in [0.25, 0.3) is 0 Å². The average molecular weight is 230 g/mol. The van der Waals surface area contributed by atoms with Gasteiger partial charge in [0.1, 0.15) is 0 Å². The molecule has 0 bridgehead atoms. The first-order chi connectivity index (χ1) is 8.34. The lowest BCUT2D eigenvalue weighted by Crippen LogP contribution is -2.10. The number of aryl methyl sites for hydroxylation is 1. The van der Waals surface area contributed by atoms with Crippen LogP contribution in [0.3, 0.4) is 0 Å². The molecule has 0 aliphatic carbocycles. The third-order valence-corrected chi connectivity index (χ3v) is 2.98. The summed E-state index contributed by atoms with van der Waals surface area (Å²) in [5.74, 6) is 0.665. The van der Waals surface area contributed by atoms with Crippen LogP contribution in [0.1, 0.15) is 24.6 Å². The number of ether oxygens (including phenoxy) is 1. The van der Waals surface area contributed by atoms with Crippen molar-refractivity contribution >= 4 is 0 Å². The van der Waals surface area contributed by atoms with Crippen molar-refractivity contribution in [2.45, 2.75) is 26.0 Å². The highest BCUT2D eigenvalue weighted by Crippen LogP contribution is 2.23. The summed E-state index contributed by atoms with van der Waals surface area (Å²) in [5.41, 5.74) is 2.18. The molecular weight excluding hydrogens is 216 g/mol. The summed E-state index contributed by atoms with van der Waals surface area (Å²) in [6, 6.07) is 8.03. The number of nitrogens with zero attached hydrogens (tertiary/aromatic N) is 4. The molecule has 3 rings (SSSR count). The van der Waals surface area contributed by atoms with Crippen LogP contribution < -0.4 is 0 Å². The van der Waals surface area contributed by atoms with Crippen molar-refractivity contribution in [1.29, 1.82) is 0 Å². The van der Waals surface area contributed by atoms with Gasteiger partial charge in [0.05, 0.1) is 0 Å². The summed E-state index contributed by atoms with van der Waals surface area (Å²) >= 11 is 0. The molecule has 1 aliphatic rings. The second kappa shape index (κ2) is 4.25. The van der Waals surface area contributed by atoms with Gasteiger partial charge in [0, 0.05) is 12.2 Å². The lowest BCUT2D eigenvalue weighted by molar-refractivity contribution is 0.0342. The van der Waals surface area contributed by atoms with E-state index in [1.807, 2.05) is 31.2 Å². The van der Waals surface area contributed by atoms with Gasteiger partial charge in [-0.1, -0.05) is 24.3 Å². The Morgan fingerprint density at radius 1 is 1.35 bits per heavy atom. The Hall–Kier alpha value is -1.75. The quantitative estimate of drug-likeness (QED) is 0.791. The second-order valence-corrected chi connectivity index (χ2v) is 4.22. The highest BCUT2D eigenvalue weighted by molar-refractivity contribution is 5.58. The van der Waals surface area contributed by atoms with Crippen LogP contribution in [0, 0.1) is 6.92 Å². The molecule has 5 heteroatoms. The molecule has 0 saturated carbocycles. The maximum Gasteiger partial charge on any atom is 0.205 e. The van der Waals surface area contributed by atoms with Crippen molar-refractivity contribution < 1.29 is 4.74 Å². The zero-order valence-electron chi connectivity index (χ0n) is 9.71. The first-order valence-electron chi connectivity index (χ1n) is 5.82. The number of rotatable bonds is 2.